The van der Waals surface area contributed by atoms with E-state index >= 15 is 0 Å². The Hall–Kier alpha value is -2.48. The molecule has 0 aliphatic carbocycles. The summed E-state index contributed by atoms with van der Waals surface area (Å²) in [5.41, 5.74) is 0.517. The number of benzene rings is 1. The van der Waals surface area contributed by atoms with Crippen molar-refractivity contribution >= 4 is 23.4 Å². The number of rotatable bonds is 2. The molecule has 1 atom stereocenters. The van der Waals surface area contributed by atoms with E-state index in [4.69, 9.17) is 9.47 Å². The zero-order chi connectivity index (χ0) is 16.5. The van der Waals surface area contributed by atoms with E-state index in [1.54, 1.807) is 22.8 Å². The number of carbonyl (C=O) groups is 1. The lowest BCUT2D eigenvalue weighted by atomic mass is 10.1. The van der Waals surface area contributed by atoms with Gasteiger partial charge in [0.15, 0.2) is 16.7 Å². The molecule has 24 heavy (non-hydrogen) atoms. The molecule has 0 saturated heterocycles. The highest BCUT2D eigenvalue weighted by molar-refractivity contribution is 7.99. The Balaban J connectivity index is 1.49. The predicted octanol–water partition coefficient (Wildman–Crippen LogP) is 1.38. The summed E-state index contributed by atoms with van der Waals surface area (Å²) in [6.45, 7) is 1.36. The molecule has 0 saturated carbocycles. The smallest absolute Gasteiger partial charge is 0.254 e. The molecule has 3 heterocycles. The van der Waals surface area contributed by atoms with E-state index in [2.05, 4.69) is 10.3 Å². The van der Waals surface area contributed by atoms with Gasteiger partial charge in [-0.1, -0.05) is 11.8 Å². The first-order chi connectivity index (χ1) is 11.7. The van der Waals surface area contributed by atoms with Gasteiger partial charge in [-0.3, -0.25) is 14.2 Å². The summed E-state index contributed by atoms with van der Waals surface area (Å²) >= 11 is 1.42. The molecular formula is C16H15N3O4S. The Morgan fingerprint density at radius 3 is 2.96 bits per heavy atom. The van der Waals surface area contributed by atoms with Gasteiger partial charge in [0.05, 0.1) is 5.92 Å². The Kier molecular flexibility index (Phi) is 3.89. The van der Waals surface area contributed by atoms with Gasteiger partial charge in [-0.2, -0.15) is 0 Å². The summed E-state index contributed by atoms with van der Waals surface area (Å²) in [5.74, 6) is 1.48. The van der Waals surface area contributed by atoms with Crippen molar-refractivity contribution in [3.63, 3.8) is 0 Å². The van der Waals surface area contributed by atoms with Gasteiger partial charge in [-0.15, -0.1) is 0 Å². The van der Waals surface area contributed by atoms with Gasteiger partial charge < -0.3 is 14.8 Å². The maximum absolute atomic E-state index is 12.5. The van der Waals surface area contributed by atoms with Crippen LogP contribution in [0, 0.1) is 5.92 Å². The first-order valence-electron chi connectivity index (χ1n) is 7.60. The number of hydrogen-bond donors (Lipinski definition) is 1. The second-order valence-electron chi connectivity index (χ2n) is 5.53. The van der Waals surface area contributed by atoms with E-state index in [1.165, 1.54) is 24.0 Å². The lowest BCUT2D eigenvalue weighted by Crippen LogP contribution is -2.36. The minimum Gasteiger partial charge on any atom is -0.486 e. The number of anilines is 1. The van der Waals surface area contributed by atoms with E-state index in [9.17, 15) is 9.59 Å². The van der Waals surface area contributed by atoms with Crippen LogP contribution in [-0.4, -0.2) is 34.4 Å². The third-order valence-electron chi connectivity index (χ3n) is 3.90. The monoisotopic (exact) mass is 345 g/mol. The van der Waals surface area contributed by atoms with E-state index in [1.807, 2.05) is 0 Å². The van der Waals surface area contributed by atoms with Gasteiger partial charge in [0.1, 0.15) is 13.2 Å². The Bertz CT molecular complexity index is 851. The average molecular weight is 345 g/mol. The van der Waals surface area contributed by atoms with Gasteiger partial charge in [-0.25, -0.2) is 4.98 Å². The topological polar surface area (TPSA) is 82.5 Å². The number of carbonyl (C=O) groups excluding carboxylic acids is 1. The van der Waals surface area contributed by atoms with Gasteiger partial charge in [-0.05, 0) is 12.1 Å². The van der Waals surface area contributed by atoms with Crippen molar-refractivity contribution < 1.29 is 14.3 Å². The van der Waals surface area contributed by atoms with Crippen LogP contribution >= 0.6 is 11.8 Å². The number of nitrogens with one attached hydrogen (secondary N) is 1. The van der Waals surface area contributed by atoms with Crippen molar-refractivity contribution in [2.45, 2.75) is 11.7 Å². The van der Waals surface area contributed by atoms with Crippen molar-refractivity contribution in [2.75, 3.05) is 24.3 Å². The molecular weight excluding hydrogens is 330 g/mol. The first kappa shape index (κ1) is 15.1. The summed E-state index contributed by atoms with van der Waals surface area (Å²) in [6.07, 6.45) is 1.50. The first-order valence-corrected chi connectivity index (χ1v) is 8.58. The zero-order valence-corrected chi connectivity index (χ0v) is 13.5. The van der Waals surface area contributed by atoms with Crippen molar-refractivity contribution in [3.05, 3.63) is 40.8 Å². The molecule has 124 valence electrons. The second kappa shape index (κ2) is 6.20. The highest BCUT2D eigenvalue weighted by Gasteiger charge is 2.26. The van der Waals surface area contributed by atoms with Crippen LogP contribution in [0.5, 0.6) is 11.5 Å². The maximum Gasteiger partial charge on any atom is 0.254 e. The summed E-state index contributed by atoms with van der Waals surface area (Å²) < 4.78 is 12.5. The summed E-state index contributed by atoms with van der Waals surface area (Å²) in [5, 5.41) is 3.55. The molecule has 4 rings (SSSR count). The Morgan fingerprint density at radius 2 is 2.08 bits per heavy atom. The SMILES string of the molecule is O=C(Nc1ccc2c(c1)OCCO2)[C@H]1CSc2nccc(=O)n2C1. The van der Waals surface area contributed by atoms with E-state index in [-0.39, 0.29) is 17.4 Å². The molecule has 2 aromatic rings. The molecule has 0 fully saturated rings. The average Bonchev–Trinajstić information content (AvgIpc) is 2.62. The minimum atomic E-state index is -0.294. The van der Waals surface area contributed by atoms with Crippen LogP contribution < -0.4 is 20.3 Å². The molecule has 7 nitrogen and oxygen atoms in total. The highest BCUT2D eigenvalue weighted by atomic mass is 32.2. The van der Waals surface area contributed by atoms with Crippen LogP contribution in [0.25, 0.3) is 0 Å². The summed E-state index contributed by atoms with van der Waals surface area (Å²) in [6, 6.07) is 6.72. The molecule has 0 bridgehead atoms. The second-order valence-corrected chi connectivity index (χ2v) is 6.52. The van der Waals surface area contributed by atoms with E-state index < -0.39 is 0 Å². The third-order valence-corrected chi connectivity index (χ3v) is 5.05. The molecule has 1 N–H and O–H groups in total. The van der Waals surface area contributed by atoms with Crippen LogP contribution in [-0.2, 0) is 11.3 Å². The fourth-order valence-corrected chi connectivity index (χ4v) is 3.74. The zero-order valence-electron chi connectivity index (χ0n) is 12.7. The Morgan fingerprint density at radius 1 is 1.25 bits per heavy atom. The van der Waals surface area contributed by atoms with Gasteiger partial charge in [0.2, 0.25) is 5.91 Å². The minimum absolute atomic E-state index is 0.124. The number of ether oxygens (including phenoxy) is 2. The molecule has 2 aliphatic heterocycles. The fourth-order valence-electron chi connectivity index (χ4n) is 2.67. The quantitative estimate of drug-likeness (QED) is 0.828. The van der Waals surface area contributed by atoms with E-state index in [0.29, 0.717) is 47.9 Å². The number of amides is 1. The Labute approximate surface area is 142 Å². The molecule has 0 unspecified atom stereocenters. The van der Waals surface area contributed by atoms with Crippen molar-refractivity contribution in [2.24, 2.45) is 5.92 Å². The van der Waals surface area contributed by atoms with E-state index in [0.717, 1.165) is 0 Å². The van der Waals surface area contributed by atoms with Crippen molar-refractivity contribution in [1.82, 2.24) is 9.55 Å². The summed E-state index contributed by atoms with van der Waals surface area (Å²) in [4.78, 5) is 28.6. The number of fused-ring (bicyclic) bond motifs is 2. The van der Waals surface area contributed by atoms with Crippen molar-refractivity contribution in [1.29, 1.82) is 0 Å². The third kappa shape index (κ3) is 2.84. The molecule has 1 aromatic heterocycles. The highest BCUT2D eigenvalue weighted by Crippen LogP contribution is 2.33. The molecule has 0 spiro atoms. The molecule has 2 aliphatic rings. The molecule has 1 amide bonds. The van der Waals surface area contributed by atoms with Gasteiger partial charge in [0, 0.05) is 36.3 Å². The normalized spacial score (nSPS) is 18.6. The number of thioether (sulfide) groups is 1. The van der Waals surface area contributed by atoms with Crippen LogP contribution in [0.3, 0.4) is 0 Å². The fraction of sp³-hybridized carbons (Fsp3) is 0.312. The lowest BCUT2D eigenvalue weighted by molar-refractivity contribution is -0.119. The predicted molar refractivity (Wildman–Crippen MR) is 88.8 cm³/mol. The van der Waals surface area contributed by atoms with Crippen LogP contribution in [0.1, 0.15) is 0 Å². The van der Waals surface area contributed by atoms with Crippen LogP contribution in [0.15, 0.2) is 40.4 Å². The lowest BCUT2D eigenvalue weighted by Gasteiger charge is -2.24. The number of aromatic nitrogens is 2. The van der Waals surface area contributed by atoms with Crippen LogP contribution in [0.4, 0.5) is 5.69 Å². The maximum atomic E-state index is 12.5. The summed E-state index contributed by atoms with van der Waals surface area (Å²) in [7, 11) is 0. The number of hydrogen-bond acceptors (Lipinski definition) is 6. The van der Waals surface area contributed by atoms with Gasteiger partial charge in [0.25, 0.3) is 5.56 Å². The molecule has 0 radical (unpaired) electrons. The van der Waals surface area contributed by atoms with Gasteiger partial charge >= 0.3 is 0 Å². The largest absolute Gasteiger partial charge is 0.486 e. The van der Waals surface area contributed by atoms with Crippen molar-refractivity contribution in [3.8, 4) is 11.5 Å². The molecule has 1 aromatic carbocycles. The standard InChI is InChI=1S/C16H15N3O4S/c20-14-3-4-17-16-19(14)8-10(9-24-16)15(21)18-11-1-2-12-13(7-11)23-6-5-22-12/h1-4,7,10H,5-6,8-9H2,(H,18,21)/t10-/m1/s1. The number of nitrogens with zero attached hydrogens (tertiary/aromatic N) is 2. The molecule has 8 heteroatoms. The van der Waals surface area contributed by atoms with Crippen LogP contribution in [0.2, 0.25) is 0 Å².